The molecule has 2 aromatic rings. The lowest BCUT2D eigenvalue weighted by atomic mass is 9.86. The minimum Gasteiger partial charge on any atom is -0.393 e. The maximum absolute atomic E-state index is 9.95. The highest BCUT2D eigenvalue weighted by atomic mass is 32.1. The fraction of sp³-hybridized carbons (Fsp3) is 0.538. The van der Waals surface area contributed by atoms with Crippen LogP contribution in [0.5, 0.6) is 0 Å². The molecule has 0 unspecified atom stereocenters. The van der Waals surface area contributed by atoms with Crippen LogP contribution in [-0.2, 0) is 0 Å². The van der Waals surface area contributed by atoms with E-state index in [1.807, 2.05) is 11.4 Å². The Morgan fingerprint density at radius 2 is 2.22 bits per heavy atom. The van der Waals surface area contributed by atoms with Gasteiger partial charge in [0.25, 0.3) is 0 Å². The van der Waals surface area contributed by atoms with Crippen LogP contribution in [0.15, 0.2) is 17.8 Å². The second kappa shape index (κ2) is 5.20. The number of fused-ring (bicyclic) bond motifs is 1. The van der Waals surface area contributed by atoms with Gasteiger partial charge in [0.05, 0.1) is 11.5 Å². The molecule has 4 nitrogen and oxygen atoms in total. The third kappa shape index (κ3) is 2.33. The minimum absolute atomic E-state index is 0.161. The molecule has 2 aromatic heterocycles. The van der Waals surface area contributed by atoms with Gasteiger partial charge in [-0.25, -0.2) is 9.97 Å². The fourth-order valence-corrected chi connectivity index (χ4v) is 3.32. The molecule has 2 N–H and O–H groups in total. The molecule has 1 fully saturated rings. The van der Waals surface area contributed by atoms with Crippen molar-refractivity contribution in [3.8, 4) is 0 Å². The van der Waals surface area contributed by atoms with Crippen LogP contribution in [0, 0.1) is 5.92 Å². The number of thiophene rings is 1. The zero-order valence-corrected chi connectivity index (χ0v) is 11.0. The molecule has 0 amide bonds. The lowest BCUT2D eigenvalue weighted by Gasteiger charge is -2.27. The number of aromatic nitrogens is 2. The summed E-state index contributed by atoms with van der Waals surface area (Å²) >= 11 is 1.62. The molecule has 0 saturated heterocycles. The van der Waals surface area contributed by atoms with Gasteiger partial charge in [-0.2, -0.15) is 0 Å². The lowest BCUT2D eigenvalue weighted by Crippen LogP contribution is -2.30. The van der Waals surface area contributed by atoms with Crippen LogP contribution in [0.1, 0.15) is 25.7 Å². The fourth-order valence-electron chi connectivity index (χ4n) is 2.58. The van der Waals surface area contributed by atoms with Crippen molar-refractivity contribution in [2.75, 3.05) is 11.9 Å². The van der Waals surface area contributed by atoms with Crippen LogP contribution >= 0.6 is 11.3 Å². The van der Waals surface area contributed by atoms with Gasteiger partial charge in [-0.3, -0.25) is 0 Å². The van der Waals surface area contributed by atoms with E-state index in [4.69, 9.17) is 0 Å². The maximum Gasteiger partial charge on any atom is 0.138 e. The van der Waals surface area contributed by atoms with Crippen LogP contribution in [0.2, 0.25) is 0 Å². The summed E-state index contributed by atoms with van der Waals surface area (Å²) in [5.41, 5.74) is 0. The van der Waals surface area contributed by atoms with E-state index >= 15 is 0 Å². The summed E-state index contributed by atoms with van der Waals surface area (Å²) in [7, 11) is 0. The number of nitrogens with zero attached hydrogens (tertiary/aromatic N) is 2. The highest BCUT2D eigenvalue weighted by Crippen LogP contribution is 2.27. The molecule has 3 rings (SSSR count). The number of rotatable bonds is 3. The second-order valence-electron chi connectivity index (χ2n) is 4.85. The quantitative estimate of drug-likeness (QED) is 0.894. The first-order valence-electron chi connectivity index (χ1n) is 6.45. The average molecular weight is 263 g/mol. The van der Waals surface area contributed by atoms with Crippen molar-refractivity contribution in [1.29, 1.82) is 0 Å². The van der Waals surface area contributed by atoms with Gasteiger partial charge in [-0.1, -0.05) is 12.8 Å². The first kappa shape index (κ1) is 11.9. The van der Waals surface area contributed by atoms with Crippen LogP contribution in [0.3, 0.4) is 0 Å². The van der Waals surface area contributed by atoms with Crippen LogP contribution in [-0.4, -0.2) is 27.7 Å². The number of aliphatic hydroxyl groups excluding tert-OH is 1. The third-order valence-corrected chi connectivity index (χ3v) is 4.48. The Balaban J connectivity index is 1.71. The minimum atomic E-state index is -0.161. The van der Waals surface area contributed by atoms with Crippen molar-refractivity contribution in [2.24, 2.45) is 5.92 Å². The molecular weight excluding hydrogens is 246 g/mol. The Hall–Kier alpha value is -1.20. The summed E-state index contributed by atoms with van der Waals surface area (Å²) in [5.74, 6) is 1.24. The van der Waals surface area contributed by atoms with Gasteiger partial charge in [0.1, 0.15) is 17.0 Å². The topological polar surface area (TPSA) is 58.0 Å². The maximum atomic E-state index is 9.95. The van der Waals surface area contributed by atoms with E-state index in [2.05, 4.69) is 15.3 Å². The Morgan fingerprint density at radius 1 is 1.33 bits per heavy atom. The molecule has 0 radical (unpaired) electrons. The highest BCUT2D eigenvalue weighted by Gasteiger charge is 2.22. The summed E-state index contributed by atoms with van der Waals surface area (Å²) in [6.45, 7) is 0.795. The molecule has 1 aliphatic rings. The number of aliphatic hydroxyl groups is 1. The summed E-state index contributed by atoms with van der Waals surface area (Å²) in [6.07, 6.45) is 5.85. The molecular formula is C13H17N3OS. The number of anilines is 1. The summed E-state index contributed by atoms with van der Waals surface area (Å²) in [6, 6.07) is 2.04. The summed E-state index contributed by atoms with van der Waals surface area (Å²) < 4.78 is 0. The molecule has 5 heteroatoms. The zero-order valence-electron chi connectivity index (χ0n) is 10.2. The first-order chi connectivity index (χ1) is 8.84. The number of hydrogen-bond donors (Lipinski definition) is 2. The summed E-state index contributed by atoms with van der Waals surface area (Å²) in [5, 5.41) is 16.4. The van der Waals surface area contributed by atoms with Crippen LogP contribution < -0.4 is 5.32 Å². The van der Waals surface area contributed by atoms with Crippen LogP contribution in [0.4, 0.5) is 5.82 Å². The number of hydrogen-bond acceptors (Lipinski definition) is 5. The van der Waals surface area contributed by atoms with Crippen molar-refractivity contribution in [2.45, 2.75) is 31.8 Å². The van der Waals surface area contributed by atoms with Gasteiger partial charge in [0.15, 0.2) is 0 Å². The van der Waals surface area contributed by atoms with Crippen molar-refractivity contribution in [1.82, 2.24) is 9.97 Å². The van der Waals surface area contributed by atoms with Gasteiger partial charge < -0.3 is 10.4 Å². The largest absolute Gasteiger partial charge is 0.393 e. The second-order valence-corrected chi connectivity index (χ2v) is 5.75. The smallest absolute Gasteiger partial charge is 0.138 e. The molecule has 18 heavy (non-hydrogen) atoms. The van der Waals surface area contributed by atoms with E-state index in [1.165, 1.54) is 6.42 Å². The van der Waals surface area contributed by atoms with E-state index in [0.717, 1.165) is 41.8 Å². The first-order valence-corrected chi connectivity index (χ1v) is 7.32. The van der Waals surface area contributed by atoms with Crippen LogP contribution in [0.25, 0.3) is 10.2 Å². The number of nitrogens with one attached hydrogen (secondary N) is 1. The Bertz CT molecular complexity index is 528. The lowest BCUT2D eigenvalue weighted by molar-refractivity contribution is 0.0763. The zero-order chi connectivity index (χ0) is 12.4. The van der Waals surface area contributed by atoms with Gasteiger partial charge in [-0.05, 0) is 24.3 Å². The molecule has 2 heterocycles. The molecule has 1 aliphatic carbocycles. The highest BCUT2D eigenvalue weighted by molar-refractivity contribution is 7.16. The molecule has 1 saturated carbocycles. The van der Waals surface area contributed by atoms with E-state index in [-0.39, 0.29) is 6.10 Å². The average Bonchev–Trinajstić information content (AvgIpc) is 2.86. The Morgan fingerprint density at radius 3 is 3.11 bits per heavy atom. The monoisotopic (exact) mass is 263 g/mol. The van der Waals surface area contributed by atoms with Crippen molar-refractivity contribution < 1.29 is 5.11 Å². The predicted octanol–water partition coefficient (Wildman–Crippen LogP) is 2.65. The molecule has 96 valence electrons. The van der Waals surface area contributed by atoms with E-state index < -0.39 is 0 Å². The molecule has 0 aromatic carbocycles. The normalized spacial score (nSPS) is 24.3. The predicted molar refractivity (Wildman–Crippen MR) is 73.9 cm³/mol. The van der Waals surface area contributed by atoms with E-state index in [1.54, 1.807) is 17.7 Å². The van der Waals surface area contributed by atoms with Crippen molar-refractivity contribution >= 4 is 27.4 Å². The van der Waals surface area contributed by atoms with Gasteiger partial charge in [-0.15, -0.1) is 11.3 Å². The molecule has 0 aliphatic heterocycles. The standard InChI is InChI=1S/C13H17N3OS/c17-11-4-2-1-3-9(11)7-14-12-10-5-6-18-13(10)16-8-15-12/h5-6,8-9,11,17H,1-4,7H2,(H,14,15,16)/t9-,11-/m0/s1. The van der Waals surface area contributed by atoms with Gasteiger partial charge in [0, 0.05) is 12.5 Å². The third-order valence-electron chi connectivity index (χ3n) is 3.66. The Labute approximate surface area is 110 Å². The van der Waals surface area contributed by atoms with Gasteiger partial charge in [0.2, 0.25) is 0 Å². The van der Waals surface area contributed by atoms with Crippen molar-refractivity contribution in [3.63, 3.8) is 0 Å². The van der Waals surface area contributed by atoms with Gasteiger partial charge >= 0.3 is 0 Å². The molecule has 0 spiro atoms. The van der Waals surface area contributed by atoms with E-state index in [9.17, 15) is 5.11 Å². The Kier molecular flexibility index (Phi) is 3.43. The van der Waals surface area contributed by atoms with E-state index in [0.29, 0.717) is 5.92 Å². The molecule has 0 bridgehead atoms. The van der Waals surface area contributed by atoms with Crippen molar-refractivity contribution in [3.05, 3.63) is 17.8 Å². The SMILES string of the molecule is O[C@H]1CCCC[C@H]1CNc1ncnc2sccc12. The summed E-state index contributed by atoms with van der Waals surface area (Å²) in [4.78, 5) is 9.53. The molecule has 2 atom stereocenters.